The molecule has 5 rings (SSSR count). The number of aromatic nitrogens is 3. The Morgan fingerprint density at radius 2 is 0.750 bits per heavy atom. The number of nitrogens with zero attached hydrogens (tertiary/aromatic N) is 4. The van der Waals surface area contributed by atoms with Gasteiger partial charge in [0.2, 0.25) is 17.2 Å². The summed E-state index contributed by atoms with van der Waals surface area (Å²) < 4.78 is 214. The fraction of sp³-hybridized carbons (Fsp3) is 0.594. The van der Waals surface area contributed by atoms with E-state index in [1.54, 1.807) is 49.7 Å². The predicted octanol–water partition coefficient (Wildman–Crippen LogP) is 4.35. The van der Waals surface area contributed by atoms with Gasteiger partial charge >= 0.3 is 75.7 Å². The average molecular weight is 1710 g/mol. The lowest BCUT2D eigenvalue weighted by Gasteiger charge is -2.20. The molecule has 0 spiro atoms. The van der Waals surface area contributed by atoms with Crippen LogP contribution in [0.4, 0.5) is 4.79 Å². The number of hydrogen-bond donors (Lipinski definition) is 6. The number of allylic oxidation sites excluding steroid dienone is 1. The van der Waals surface area contributed by atoms with Gasteiger partial charge in [-0.2, -0.15) is 0 Å². The molecule has 0 fully saturated rings. The van der Waals surface area contributed by atoms with Gasteiger partial charge in [-0.3, -0.25) is 19.3 Å². The Bertz CT molecular complexity index is 3970. The first-order valence-electron chi connectivity index (χ1n) is 34.4. The van der Waals surface area contributed by atoms with Crippen LogP contribution in [-0.2, 0) is 81.4 Å². The van der Waals surface area contributed by atoms with Gasteiger partial charge in [0.1, 0.15) is 12.2 Å². The maximum atomic E-state index is 13.4. The van der Waals surface area contributed by atoms with Gasteiger partial charge in [-0.05, 0) is 147 Å². The molecule has 3 amide bonds. The molecular formula is C64H97N9O33S6. The Balaban J connectivity index is 0. The molecule has 0 atom stereocenters. The molecule has 1 aliphatic heterocycles. The van der Waals surface area contributed by atoms with Crippen LogP contribution in [0, 0.1) is 0 Å². The van der Waals surface area contributed by atoms with Crippen LogP contribution in [0.5, 0.6) is 51.7 Å². The Morgan fingerprint density at radius 1 is 0.420 bits per heavy atom. The lowest BCUT2D eigenvalue weighted by atomic mass is 10.1. The van der Waals surface area contributed by atoms with Gasteiger partial charge in [0.05, 0.1) is 70.7 Å². The van der Waals surface area contributed by atoms with Crippen molar-refractivity contribution in [1.82, 2.24) is 46.9 Å². The number of ether oxygens (including phenoxy) is 10. The number of hydrazine groups is 2. The Labute approximate surface area is 656 Å². The number of aryl methyl sites for hydroxylation is 2. The summed E-state index contributed by atoms with van der Waals surface area (Å²) in [6, 6.07) is 9.65. The predicted molar refractivity (Wildman–Crippen MR) is 392 cm³/mol. The van der Waals surface area contributed by atoms with Crippen LogP contribution >= 0.6 is 0 Å². The Kier molecular flexibility index (Phi) is 57.8. The third kappa shape index (κ3) is 54.3. The number of amides is 3. The third-order valence-electron chi connectivity index (χ3n) is 12.7. The van der Waals surface area contributed by atoms with Crippen molar-refractivity contribution < 1.29 is 147 Å². The summed E-state index contributed by atoms with van der Waals surface area (Å²) in [7, 11) is -18.7. The Morgan fingerprint density at radius 3 is 1.11 bits per heavy atom. The number of unbranched alkanes of at least 4 members (excludes halogenated alkanes) is 2. The van der Waals surface area contributed by atoms with Crippen LogP contribution in [-0.4, -0.2) is 216 Å². The van der Waals surface area contributed by atoms with Crippen molar-refractivity contribution in [2.75, 3.05) is 85.6 Å². The van der Waals surface area contributed by atoms with Gasteiger partial charge in [0, 0.05) is 55.4 Å². The molecule has 6 N–H and O–H groups in total. The third-order valence-corrected chi connectivity index (χ3v) is 12.7. The van der Waals surface area contributed by atoms with E-state index in [0.29, 0.717) is 156 Å². The lowest BCUT2D eigenvalue weighted by molar-refractivity contribution is 0.0518. The normalized spacial score (nSPS) is 10.7. The molecule has 42 nitrogen and oxygen atoms in total. The summed E-state index contributed by atoms with van der Waals surface area (Å²) >= 11 is 0. The van der Waals surface area contributed by atoms with Gasteiger partial charge < -0.3 is 73.9 Å². The van der Waals surface area contributed by atoms with Crippen molar-refractivity contribution in [2.24, 2.45) is 0 Å². The van der Waals surface area contributed by atoms with Crippen LogP contribution in [0.1, 0.15) is 183 Å². The number of carboxylic acids is 1. The van der Waals surface area contributed by atoms with Gasteiger partial charge in [-0.15, -0.1) is 86.4 Å². The molecule has 0 saturated heterocycles. The summed E-state index contributed by atoms with van der Waals surface area (Å²) in [6.45, 7) is 22.9. The first-order valence-corrected chi connectivity index (χ1v) is 40.4. The van der Waals surface area contributed by atoms with E-state index in [9.17, 15) is 24.3 Å². The maximum absolute atomic E-state index is 13.4. The molecule has 0 unspecified atom stereocenters. The number of carbonyl (C=O) groups excluding carboxylic acids is 3. The number of nitrogens with one attached hydrogen (secondary N) is 5. The SMILES string of the molecule is CCCOc1cc(C(=O)NCCCN2C=C(CCCCOc3cc(C(=O)O)cc(OCCCCc4cn(CCCNC(=O)c5cc(OCCC)c(OCCC)c(OCCC)c5)nn4)c3OCCNC(=O)OC(C)(C)C)NN2)cc(OCCC)c1OCCC.O=S(=O)=O.O=S(=O)=O.O=S(=O)=O.O=S(=O)=O.O=S(=O)=O.O=S(=O)=O. The zero-order valence-electron chi connectivity index (χ0n) is 63.2. The molecule has 1 aromatic heterocycles. The van der Waals surface area contributed by atoms with Crippen LogP contribution in [0.25, 0.3) is 0 Å². The zero-order chi connectivity index (χ0) is 85.0. The topological polar surface area (TPSA) is 582 Å². The van der Waals surface area contributed by atoms with E-state index in [-0.39, 0.29) is 61.0 Å². The van der Waals surface area contributed by atoms with Crippen molar-refractivity contribution in [3.63, 3.8) is 0 Å². The van der Waals surface area contributed by atoms with Crippen LogP contribution in [0.3, 0.4) is 0 Å². The van der Waals surface area contributed by atoms with E-state index in [0.717, 1.165) is 56.3 Å². The first kappa shape index (κ1) is 104. The molecule has 48 heteroatoms. The number of rotatable bonds is 45. The number of aromatic carboxylic acids is 1. The van der Waals surface area contributed by atoms with Crippen molar-refractivity contribution in [2.45, 2.75) is 164 Å². The van der Waals surface area contributed by atoms with Crippen molar-refractivity contribution in [1.29, 1.82) is 0 Å². The highest BCUT2D eigenvalue weighted by atomic mass is 32.2. The van der Waals surface area contributed by atoms with Gasteiger partial charge in [-0.25, -0.2) is 9.59 Å². The summed E-state index contributed by atoms with van der Waals surface area (Å²) in [6.07, 6.45) is 13.3. The number of hydrogen-bond acceptors (Lipinski definition) is 37. The summed E-state index contributed by atoms with van der Waals surface area (Å²) in [5.41, 5.74) is 8.26. The fourth-order valence-corrected chi connectivity index (χ4v) is 8.56. The molecule has 0 saturated carbocycles. The highest BCUT2D eigenvalue weighted by Crippen LogP contribution is 2.42. The molecule has 632 valence electrons. The Hall–Kier alpha value is -10.3. The maximum Gasteiger partial charge on any atom is 0.425 e. The summed E-state index contributed by atoms with van der Waals surface area (Å²) in [4.78, 5) is 51.5. The standard InChI is InChI=1S/C64H97N9O15.6O3S/c1-10-29-79-51-38-46(39-52(80-30-11-2)57(51)85-33-14-5)60(74)65-24-20-27-72-44-49(68-70-72)22-16-18-35-83-55-42-48(62(76)77)43-56(59(55)87-37-26-67-63(78)88-64(7,8)9)84-36-19-17-23-50-45-73(71-69-50)28-21-25-66-61(75)47-40-53(81-31-12-3)58(86-34-15-6)54(41-47)82-32-13-4;6*1-4(2)3/h38-45,68,70H,10-37H2,1-9H3,(H,65,74)(H,66,75)(H,67,78)(H,76,77);;;;;;. The van der Waals surface area contributed by atoms with E-state index in [4.69, 9.17) is 123 Å². The van der Waals surface area contributed by atoms with Crippen molar-refractivity contribution >= 4 is 87.5 Å². The van der Waals surface area contributed by atoms with Crippen molar-refractivity contribution in [3.8, 4) is 51.7 Å². The zero-order valence-corrected chi connectivity index (χ0v) is 68.1. The largest absolute Gasteiger partial charge is 0.490 e. The second-order valence-electron chi connectivity index (χ2n) is 23.2. The highest BCUT2D eigenvalue weighted by molar-refractivity contribution is 7.59. The number of carbonyl (C=O) groups is 4. The average Bonchev–Trinajstić information content (AvgIpc) is 1.05. The van der Waals surface area contributed by atoms with E-state index >= 15 is 0 Å². The van der Waals surface area contributed by atoms with E-state index in [2.05, 4.69) is 37.2 Å². The number of alkyl carbamates (subject to hydrolysis) is 1. The smallest absolute Gasteiger partial charge is 0.425 e. The molecule has 0 radical (unpaired) electrons. The number of benzene rings is 3. The van der Waals surface area contributed by atoms with Gasteiger partial charge in [-0.1, -0.05) is 46.8 Å². The monoisotopic (exact) mass is 1710 g/mol. The minimum absolute atomic E-state index is 0.0112. The second kappa shape index (κ2) is 62.4. The fourth-order valence-electron chi connectivity index (χ4n) is 8.56. The second-order valence-corrected chi connectivity index (χ2v) is 25.6. The molecule has 3 aromatic carbocycles. The molecule has 0 aliphatic carbocycles. The quantitative estimate of drug-likeness (QED) is 0.0335. The van der Waals surface area contributed by atoms with Crippen LogP contribution in [0.2, 0.25) is 0 Å². The van der Waals surface area contributed by atoms with Crippen LogP contribution in [0.15, 0.2) is 54.5 Å². The first-order chi connectivity index (χ1) is 53.0. The van der Waals surface area contributed by atoms with Gasteiger partial charge in [0.25, 0.3) is 11.8 Å². The van der Waals surface area contributed by atoms with Crippen LogP contribution < -0.4 is 69.5 Å². The van der Waals surface area contributed by atoms with Crippen molar-refractivity contribution in [3.05, 3.63) is 76.9 Å². The molecule has 4 aromatic rings. The highest BCUT2D eigenvalue weighted by Gasteiger charge is 2.24. The lowest BCUT2D eigenvalue weighted by Crippen LogP contribution is -2.38. The van der Waals surface area contributed by atoms with E-state index in [1.165, 1.54) is 12.1 Å². The summed E-state index contributed by atoms with van der Waals surface area (Å²) in [5.74, 6) is 1.92. The van der Waals surface area contributed by atoms with Gasteiger partial charge in [0.15, 0.2) is 34.5 Å². The number of carboxylic acid groups (broad SMARTS) is 1. The molecule has 2 heterocycles. The minimum Gasteiger partial charge on any atom is -0.490 e. The molecular weight excluding hydrogens is 1620 g/mol. The van der Waals surface area contributed by atoms with E-state index in [1.807, 2.05) is 58.9 Å². The molecule has 112 heavy (non-hydrogen) atoms. The van der Waals surface area contributed by atoms with E-state index < -0.39 is 81.3 Å². The molecule has 1 aliphatic rings. The summed E-state index contributed by atoms with van der Waals surface area (Å²) in [5, 5.41) is 29.4. The molecule has 0 bridgehead atoms. The minimum atomic E-state index is -3.11.